The Balaban J connectivity index is 1.56. The van der Waals surface area contributed by atoms with Crippen LogP contribution in [-0.2, 0) is 4.79 Å². The third-order valence-electron chi connectivity index (χ3n) is 5.25. The molecule has 0 spiro atoms. The van der Waals surface area contributed by atoms with E-state index >= 15 is 0 Å². The summed E-state index contributed by atoms with van der Waals surface area (Å²) in [6, 6.07) is -0.407. The third-order valence-corrected chi connectivity index (χ3v) is 5.25. The first-order valence-corrected chi connectivity index (χ1v) is 7.52. The van der Waals surface area contributed by atoms with Crippen molar-refractivity contribution in [3.05, 3.63) is 0 Å². The van der Waals surface area contributed by atoms with E-state index in [4.69, 9.17) is 5.11 Å². The molecule has 0 aromatic carbocycles. The topological polar surface area (TPSA) is 89.9 Å². The molecule has 3 rings (SSSR count). The van der Waals surface area contributed by atoms with Crippen molar-refractivity contribution in [2.45, 2.75) is 44.2 Å². The standard InChI is InChI=1S/C14H22N2O4/c17-12-5-4-8-6-16(7-10(8)12)14(20)15-11-3-1-2-9(11)13(18)19/h8-12,17H,1-7H2,(H,15,20)(H,18,19). The lowest BCUT2D eigenvalue weighted by atomic mass is 10.00. The fraction of sp³-hybridized carbons (Fsp3) is 0.857. The molecular weight excluding hydrogens is 260 g/mol. The highest BCUT2D eigenvalue weighted by Crippen LogP contribution is 2.38. The number of aliphatic carboxylic acids is 1. The van der Waals surface area contributed by atoms with Gasteiger partial charge in [0.1, 0.15) is 0 Å². The monoisotopic (exact) mass is 282 g/mol. The van der Waals surface area contributed by atoms with Crippen LogP contribution in [0.1, 0.15) is 32.1 Å². The van der Waals surface area contributed by atoms with Crippen LogP contribution in [0.25, 0.3) is 0 Å². The van der Waals surface area contributed by atoms with E-state index in [1.165, 1.54) is 0 Å². The molecule has 20 heavy (non-hydrogen) atoms. The molecule has 1 heterocycles. The zero-order chi connectivity index (χ0) is 14.3. The second kappa shape index (κ2) is 5.24. The average molecular weight is 282 g/mol. The van der Waals surface area contributed by atoms with Gasteiger partial charge in [0.15, 0.2) is 0 Å². The summed E-state index contributed by atoms with van der Waals surface area (Å²) in [5.74, 6) is -0.651. The number of nitrogens with one attached hydrogen (secondary N) is 1. The maximum absolute atomic E-state index is 12.2. The summed E-state index contributed by atoms with van der Waals surface area (Å²) < 4.78 is 0. The predicted octanol–water partition coefficient (Wildman–Crippen LogP) is 0.652. The summed E-state index contributed by atoms with van der Waals surface area (Å²) in [6.07, 6.45) is 3.78. The van der Waals surface area contributed by atoms with Gasteiger partial charge < -0.3 is 20.4 Å². The third kappa shape index (κ3) is 2.37. The van der Waals surface area contributed by atoms with Crippen LogP contribution in [-0.4, -0.2) is 52.3 Å². The van der Waals surface area contributed by atoms with Crippen LogP contribution in [0.3, 0.4) is 0 Å². The Kier molecular flexibility index (Phi) is 3.58. The Morgan fingerprint density at radius 1 is 1.10 bits per heavy atom. The van der Waals surface area contributed by atoms with E-state index in [2.05, 4.69) is 5.32 Å². The van der Waals surface area contributed by atoms with Gasteiger partial charge in [-0.3, -0.25) is 4.79 Å². The van der Waals surface area contributed by atoms with Gasteiger partial charge in [0, 0.05) is 25.0 Å². The smallest absolute Gasteiger partial charge is 0.317 e. The number of aliphatic hydroxyl groups excluding tert-OH is 1. The molecule has 0 aromatic rings. The van der Waals surface area contributed by atoms with Crippen LogP contribution < -0.4 is 5.32 Å². The highest BCUT2D eigenvalue weighted by molar-refractivity contribution is 5.77. The van der Waals surface area contributed by atoms with E-state index in [9.17, 15) is 14.7 Å². The van der Waals surface area contributed by atoms with E-state index < -0.39 is 11.9 Å². The Labute approximate surface area is 118 Å². The molecule has 2 aliphatic carbocycles. The zero-order valence-corrected chi connectivity index (χ0v) is 11.5. The zero-order valence-electron chi connectivity index (χ0n) is 11.5. The highest BCUT2D eigenvalue weighted by atomic mass is 16.4. The Bertz CT molecular complexity index is 414. The lowest BCUT2D eigenvalue weighted by Crippen LogP contribution is -2.47. The number of hydrogen-bond acceptors (Lipinski definition) is 3. The van der Waals surface area contributed by atoms with Crippen LogP contribution in [0.5, 0.6) is 0 Å². The van der Waals surface area contributed by atoms with Crippen LogP contribution in [0.4, 0.5) is 4.79 Å². The van der Waals surface area contributed by atoms with Crippen molar-refractivity contribution in [3.8, 4) is 0 Å². The van der Waals surface area contributed by atoms with Gasteiger partial charge in [0.05, 0.1) is 12.0 Å². The van der Waals surface area contributed by atoms with Gasteiger partial charge in [-0.15, -0.1) is 0 Å². The maximum atomic E-state index is 12.2. The number of carboxylic acids is 1. The van der Waals surface area contributed by atoms with Crippen molar-refractivity contribution in [2.75, 3.05) is 13.1 Å². The van der Waals surface area contributed by atoms with Gasteiger partial charge in [-0.25, -0.2) is 4.79 Å². The number of carbonyl (C=O) groups excluding carboxylic acids is 1. The lowest BCUT2D eigenvalue weighted by Gasteiger charge is -2.23. The van der Waals surface area contributed by atoms with E-state index in [0.29, 0.717) is 25.4 Å². The van der Waals surface area contributed by atoms with Crippen molar-refractivity contribution < 1.29 is 19.8 Å². The molecular formula is C14H22N2O4. The van der Waals surface area contributed by atoms with Crippen LogP contribution in [0, 0.1) is 17.8 Å². The normalized spacial score (nSPS) is 39.9. The van der Waals surface area contributed by atoms with E-state index in [1.807, 2.05) is 0 Å². The molecule has 0 bridgehead atoms. The summed E-state index contributed by atoms with van der Waals surface area (Å²) in [5, 5.41) is 21.9. The van der Waals surface area contributed by atoms with Crippen molar-refractivity contribution in [2.24, 2.45) is 17.8 Å². The van der Waals surface area contributed by atoms with E-state index in [1.54, 1.807) is 4.90 Å². The Morgan fingerprint density at radius 2 is 1.90 bits per heavy atom. The molecule has 2 saturated carbocycles. The number of rotatable bonds is 2. The minimum atomic E-state index is -0.818. The second-order valence-electron chi connectivity index (χ2n) is 6.41. The first-order valence-electron chi connectivity index (χ1n) is 7.52. The molecule has 2 amide bonds. The summed E-state index contributed by atoms with van der Waals surface area (Å²) >= 11 is 0. The highest BCUT2D eigenvalue weighted by Gasteiger charge is 2.44. The van der Waals surface area contributed by atoms with Crippen molar-refractivity contribution in [1.82, 2.24) is 10.2 Å². The quantitative estimate of drug-likeness (QED) is 0.694. The van der Waals surface area contributed by atoms with E-state index in [0.717, 1.165) is 25.7 Å². The Hall–Kier alpha value is -1.30. The minimum Gasteiger partial charge on any atom is -0.481 e. The van der Waals surface area contributed by atoms with Crippen molar-refractivity contribution in [3.63, 3.8) is 0 Å². The lowest BCUT2D eigenvalue weighted by molar-refractivity contribution is -0.142. The van der Waals surface area contributed by atoms with Crippen LogP contribution >= 0.6 is 0 Å². The van der Waals surface area contributed by atoms with Crippen LogP contribution in [0.2, 0.25) is 0 Å². The maximum Gasteiger partial charge on any atom is 0.317 e. The molecule has 5 atom stereocenters. The molecule has 0 radical (unpaired) electrons. The first kappa shape index (κ1) is 13.7. The molecule has 3 aliphatic rings. The number of amides is 2. The molecule has 0 aromatic heterocycles. The molecule has 6 heteroatoms. The van der Waals surface area contributed by atoms with Gasteiger partial charge >= 0.3 is 12.0 Å². The number of likely N-dealkylation sites (tertiary alicyclic amines) is 1. The number of carbonyl (C=O) groups is 2. The molecule has 5 unspecified atom stereocenters. The predicted molar refractivity (Wildman–Crippen MR) is 71.1 cm³/mol. The first-order chi connectivity index (χ1) is 9.56. The Morgan fingerprint density at radius 3 is 2.60 bits per heavy atom. The fourth-order valence-electron chi connectivity index (χ4n) is 4.08. The number of aliphatic hydroxyl groups is 1. The van der Waals surface area contributed by atoms with Gasteiger partial charge in [0.2, 0.25) is 0 Å². The summed E-state index contributed by atoms with van der Waals surface area (Å²) in [6.45, 7) is 1.29. The van der Waals surface area contributed by atoms with Gasteiger partial charge in [-0.2, -0.15) is 0 Å². The summed E-state index contributed by atoms with van der Waals surface area (Å²) in [4.78, 5) is 25.1. The fourth-order valence-corrected chi connectivity index (χ4v) is 4.08. The van der Waals surface area contributed by atoms with Crippen molar-refractivity contribution >= 4 is 12.0 Å². The molecule has 3 fully saturated rings. The van der Waals surface area contributed by atoms with Gasteiger partial charge in [0.25, 0.3) is 0 Å². The molecule has 1 aliphatic heterocycles. The summed E-state index contributed by atoms with van der Waals surface area (Å²) in [7, 11) is 0. The average Bonchev–Trinajstić information content (AvgIpc) is 3.06. The van der Waals surface area contributed by atoms with Crippen LogP contribution in [0.15, 0.2) is 0 Å². The second-order valence-corrected chi connectivity index (χ2v) is 6.41. The van der Waals surface area contributed by atoms with Crippen molar-refractivity contribution in [1.29, 1.82) is 0 Å². The van der Waals surface area contributed by atoms with Gasteiger partial charge in [-0.05, 0) is 31.6 Å². The molecule has 112 valence electrons. The molecule has 3 N–H and O–H groups in total. The SMILES string of the molecule is O=C(O)C1CCCC1NC(=O)N1CC2CCC(O)C2C1. The number of carboxylic acid groups (broad SMARTS) is 1. The minimum absolute atomic E-state index is 0.162. The summed E-state index contributed by atoms with van der Waals surface area (Å²) in [5.41, 5.74) is 0. The van der Waals surface area contributed by atoms with E-state index in [-0.39, 0.29) is 24.1 Å². The number of urea groups is 1. The number of fused-ring (bicyclic) bond motifs is 1. The molecule has 1 saturated heterocycles. The molecule has 6 nitrogen and oxygen atoms in total. The number of hydrogen-bond donors (Lipinski definition) is 3. The largest absolute Gasteiger partial charge is 0.481 e. The number of nitrogens with zero attached hydrogens (tertiary/aromatic N) is 1. The van der Waals surface area contributed by atoms with Gasteiger partial charge in [-0.1, -0.05) is 6.42 Å².